The van der Waals surface area contributed by atoms with Crippen LogP contribution in [0, 0.1) is 6.92 Å². The summed E-state index contributed by atoms with van der Waals surface area (Å²) in [7, 11) is 3.25. The van der Waals surface area contributed by atoms with Crippen molar-refractivity contribution in [1.82, 2.24) is 10.1 Å². The molecule has 118 valence electrons. The summed E-state index contributed by atoms with van der Waals surface area (Å²) in [4.78, 5) is 14.3. The molecule has 1 aliphatic rings. The molecule has 0 N–H and O–H groups in total. The van der Waals surface area contributed by atoms with E-state index in [2.05, 4.69) is 9.89 Å². The van der Waals surface area contributed by atoms with Crippen LogP contribution in [0.4, 0.5) is 0 Å². The molecule has 1 saturated heterocycles. The van der Waals surface area contributed by atoms with Crippen LogP contribution in [0.5, 0.6) is 0 Å². The normalized spacial score (nSPS) is 13.7. The summed E-state index contributed by atoms with van der Waals surface area (Å²) in [6.45, 7) is 3.69. The van der Waals surface area contributed by atoms with Crippen molar-refractivity contribution in [3.8, 4) is 11.3 Å². The minimum atomic E-state index is 0.0225. The molecule has 5 nitrogen and oxygen atoms in total. The average molecular weight is 302 g/mol. The minimum absolute atomic E-state index is 0.0225. The lowest BCUT2D eigenvalue weighted by Crippen LogP contribution is -2.27. The predicted molar refractivity (Wildman–Crippen MR) is 84.7 cm³/mol. The number of likely N-dealkylation sites (tertiary alicyclic amines) is 1. The van der Waals surface area contributed by atoms with E-state index in [1.165, 1.54) is 11.8 Å². The van der Waals surface area contributed by atoms with Crippen LogP contribution in [0.1, 0.15) is 28.8 Å². The van der Waals surface area contributed by atoms with Crippen molar-refractivity contribution in [3.63, 3.8) is 0 Å². The van der Waals surface area contributed by atoms with E-state index in [0.29, 0.717) is 11.3 Å². The van der Waals surface area contributed by atoms with Gasteiger partial charge in [-0.3, -0.25) is 4.79 Å². The van der Waals surface area contributed by atoms with E-state index in [4.69, 9.17) is 4.52 Å². The van der Waals surface area contributed by atoms with Crippen molar-refractivity contribution in [3.05, 3.63) is 41.6 Å². The number of methoxy groups -OCH3 is 1. The van der Waals surface area contributed by atoms with E-state index in [1.807, 2.05) is 36.1 Å². The zero-order valence-electron chi connectivity index (χ0n) is 13.3. The van der Waals surface area contributed by atoms with Gasteiger partial charge >= 0.3 is 0 Å². The third kappa shape index (κ3) is 3.74. The molecule has 3 rings (SSSR count). The fourth-order valence-electron chi connectivity index (χ4n) is 2.40. The standard InChI is InChI=1S/C15H16N2O2.C2H6O/c1-11-4-6-12(7-5-11)14-13(10-16-19-14)15(18)17-8-2-3-9-17;1-3-2/h4-7,10H,2-3,8-9H2,1H3;1-2H3. The summed E-state index contributed by atoms with van der Waals surface area (Å²) in [6, 6.07) is 7.91. The number of hydrogen-bond donors (Lipinski definition) is 0. The summed E-state index contributed by atoms with van der Waals surface area (Å²) in [6.07, 6.45) is 3.68. The highest BCUT2D eigenvalue weighted by Crippen LogP contribution is 2.26. The molecule has 2 heterocycles. The molecule has 5 heteroatoms. The van der Waals surface area contributed by atoms with Gasteiger partial charge in [-0.2, -0.15) is 0 Å². The first-order valence-corrected chi connectivity index (χ1v) is 7.38. The Bertz CT molecular complexity index is 599. The first-order valence-electron chi connectivity index (χ1n) is 7.38. The van der Waals surface area contributed by atoms with Crippen LogP contribution in [0.25, 0.3) is 11.3 Å². The van der Waals surface area contributed by atoms with Gasteiger partial charge in [-0.05, 0) is 19.8 Å². The maximum absolute atomic E-state index is 12.4. The van der Waals surface area contributed by atoms with E-state index in [9.17, 15) is 4.79 Å². The van der Waals surface area contributed by atoms with Gasteiger partial charge in [-0.15, -0.1) is 0 Å². The fraction of sp³-hybridized carbons (Fsp3) is 0.412. The lowest BCUT2D eigenvalue weighted by molar-refractivity contribution is 0.0793. The van der Waals surface area contributed by atoms with Crippen LogP contribution < -0.4 is 0 Å². The lowest BCUT2D eigenvalue weighted by atomic mass is 10.1. The Balaban J connectivity index is 0.000000545. The monoisotopic (exact) mass is 302 g/mol. The van der Waals surface area contributed by atoms with Gasteiger partial charge < -0.3 is 14.2 Å². The van der Waals surface area contributed by atoms with Crippen molar-refractivity contribution >= 4 is 5.91 Å². The summed E-state index contributed by atoms with van der Waals surface area (Å²) >= 11 is 0. The molecular weight excluding hydrogens is 280 g/mol. The average Bonchev–Trinajstić information content (AvgIpc) is 3.20. The number of rotatable bonds is 2. The molecule has 0 atom stereocenters. The quantitative estimate of drug-likeness (QED) is 0.855. The number of nitrogens with zero attached hydrogens (tertiary/aromatic N) is 2. The van der Waals surface area contributed by atoms with E-state index >= 15 is 0 Å². The van der Waals surface area contributed by atoms with Crippen LogP contribution >= 0.6 is 0 Å². The van der Waals surface area contributed by atoms with E-state index in [1.54, 1.807) is 14.2 Å². The number of hydrogen-bond acceptors (Lipinski definition) is 4. The first kappa shape index (κ1) is 16.2. The molecule has 0 unspecified atom stereocenters. The summed E-state index contributed by atoms with van der Waals surface area (Å²) < 4.78 is 9.52. The number of carbonyl (C=O) groups excluding carboxylic acids is 1. The predicted octanol–water partition coefficient (Wildman–Crippen LogP) is 3.15. The summed E-state index contributed by atoms with van der Waals surface area (Å²) in [5, 5.41) is 3.79. The van der Waals surface area contributed by atoms with Crippen LogP contribution in [-0.2, 0) is 4.74 Å². The Morgan fingerprint density at radius 2 is 1.77 bits per heavy atom. The molecule has 0 saturated carbocycles. The molecule has 2 aromatic rings. The van der Waals surface area contributed by atoms with Gasteiger partial charge in [0.1, 0.15) is 5.56 Å². The number of aromatic nitrogens is 1. The molecule has 1 aliphatic heterocycles. The van der Waals surface area contributed by atoms with Crippen LogP contribution in [0.15, 0.2) is 35.0 Å². The number of amides is 1. The molecule has 1 fully saturated rings. The fourth-order valence-corrected chi connectivity index (χ4v) is 2.40. The first-order chi connectivity index (χ1) is 10.7. The second-order valence-corrected chi connectivity index (χ2v) is 5.34. The van der Waals surface area contributed by atoms with Crippen molar-refractivity contribution in [1.29, 1.82) is 0 Å². The smallest absolute Gasteiger partial charge is 0.259 e. The van der Waals surface area contributed by atoms with Crippen molar-refractivity contribution < 1.29 is 14.1 Å². The highest BCUT2D eigenvalue weighted by Gasteiger charge is 2.25. The van der Waals surface area contributed by atoms with Crippen LogP contribution in [-0.4, -0.2) is 43.3 Å². The Hall–Kier alpha value is -2.14. The maximum Gasteiger partial charge on any atom is 0.259 e. The molecule has 1 aromatic heterocycles. The van der Waals surface area contributed by atoms with Crippen LogP contribution in [0.3, 0.4) is 0 Å². The highest BCUT2D eigenvalue weighted by molar-refractivity contribution is 5.99. The zero-order chi connectivity index (χ0) is 15.9. The molecule has 22 heavy (non-hydrogen) atoms. The van der Waals surface area contributed by atoms with Gasteiger partial charge in [0.05, 0.1) is 6.20 Å². The topological polar surface area (TPSA) is 55.6 Å². The summed E-state index contributed by atoms with van der Waals surface area (Å²) in [5.74, 6) is 0.589. The third-order valence-electron chi connectivity index (χ3n) is 3.51. The van der Waals surface area contributed by atoms with Crippen LogP contribution in [0.2, 0.25) is 0 Å². The highest BCUT2D eigenvalue weighted by atomic mass is 16.5. The van der Waals surface area contributed by atoms with E-state index in [0.717, 1.165) is 31.5 Å². The number of aryl methyl sites for hydroxylation is 1. The van der Waals surface area contributed by atoms with Gasteiger partial charge in [0.25, 0.3) is 5.91 Å². The Morgan fingerprint density at radius 1 is 1.18 bits per heavy atom. The van der Waals surface area contributed by atoms with Gasteiger partial charge in [-0.1, -0.05) is 35.0 Å². The number of benzene rings is 1. The largest absolute Gasteiger partial charge is 0.388 e. The molecule has 0 spiro atoms. The summed E-state index contributed by atoms with van der Waals surface area (Å²) in [5.41, 5.74) is 2.63. The Kier molecular flexibility index (Phi) is 5.72. The number of ether oxygens (including phenoxy) is 1. The van der Waals surface area contributed by atoms with Crippen molar-refractivity contribution in [2.45, 2.75) is 19.8 Å². The Morgan fingerprint density at radius 3 is 2.36 bits per heavy atom. The van der Waals surface area contributed by atoms with E-state index in [-0.39, 0.29) is 5.91 Å². The van der Waals surface area contributed by atoms with Crippen molar-refractivity contribution in [2.24, 2.45) is 0 Å². The second-order valence-electron chi connectivity index (χ2n) is 5.34. The minimum Gasteiger partial charge on any atom is -0.388 e. The van der Waals surface area contributed by atoms with Gasteiger partial charge in [-0.25, -0.2) is 0 Å². The Labute approximate surface area is 130 Å². The number of carbonyl (C=O) groups is 1. The maximum atomic E-state index is 12.4. The molecular formula is C17H22N2O3. The SMILES string of the molecule is COC.Cc1ccc(-c2oncc2C(=O)N2CCCC2)cc1. The molecule has 1 aromatic carbocycles. The van der Waals surface area contributed by atoms with Gasteiger partial charge in [0, 0.05) is 32.9 Å². The lowest BCUT2D eigenvalue weighted by Gasteiger charge is -2.14. The molecule has 0 aliphatic carbocycles. The molecule has 0 bridgehead atoms. The van der Waals surface area contributed by atoms with E-state index < -0.39 is 0 Å². The zero-order valence-corrected chi connectivity index (χ0v) is 13.3. The van der Waals surface area contributed by atoms with Gasteiger partial charge in [0.15, 0.2) is 5.76 Å². The van der Waals surface area contributed by atoms with Gasteiger partial charge in [0.2, 0.25) is 0 Å². The third-order valence-corrected chi connectivity index (χ3v) is 3.51. The van der Waals surface area contributed by atoms with Crippen molar-refractivity contribution in [2.75, 3.05) is 27.3 Å². The molecule has 1 amide bonds. The molecule has 0 radical (unpaired) electrons. The second kappa shape index (κ2) is 7.75.